The third-order valence-electron chi connectivity index (χ3n) is 10.5. The quantitative estimate of drug-likeness (QED) is 0.176. The summed E-state index contributed by atoms with van der Waals surface area (Å²) >= 11 is 0. The van der Waals surface area contributed by atoms with E-state index in [0.717, 1.165) is 87.9 Å². The second kappa shape index (κ2) is 9.43. The van der Waals surface area contributed by atoms with Crippen LogP contribution in [0.25, 0.3) is 121 Å². The highest BCUT2D eigenvalue weighted by Gasteiger charge is 2.20. The Hall–Kier alpha value is -6.78. The Morgan fingerprint density at radius 3 is 1.54 bits per heavy atom. The standard InChI is InChI=1S/C46H24O4/c1-3-10-32-30(8-1)43(26-15-18-39-35(21-26)37-24-41-36(23-42(37)49-39)28-7-5-6-12-38(28)48-41)31-9-2-4-11-33(31)44(32)27-14-16-29-34-17-13-25-19-20-47-45(25)46(34)50-40(29)22-27/h1-24H. The highest BCUT2D eigenvalue weighted by atomic mass is 16.4. The molecule has 12 aromatic rings. The SMILES string of the molecule is c1ccc2c(c1)oc1cc3c(cc12)oc1ccc(-c2c4ccccc4c(-c4ccc5c(c4)oc4c5ccc5ccoc54)c4ccccc24)cc13. The molecule has 0 spiro atoms. The van der Waals surface area contributed by atoms with Crippen molar-refractivity contribution in [2.75, 3.05) is 0 Å². The van der Waals surface area contributed by atoms with Crippen molar-refractivity contribution in [1.82, 2.24) is 0 Å². The maximum Gasteiger partial charge on any atom is 0.178 e. The molecule has 0 aliphatic heterocycles. The van der Waals surface area contributed by atoms with Crippen molar-refractivity contribution < 1.29 is 17.7 Å². The van der Waals surface area contributed by atoms with Crippen molar-refractivity contribution in [1.29, 1.82) is 0 Å². The third kappa shape index (κ3) is 3.44. The molecule has 0 aliphatic rings. The van der Waals surface area contributed by atoms with Gasteiger partial charge in [-0.05, 0) is 98.4 Å². The molecular formula is C46H24O4. The Morgan fingerprint density at radius 2 is 0.820 bits per heavy atom. The van der Waals surface area contributed by atoms with Crippen molar-refractivity contribution in [2.45, 2.75) is 0 Å². The van der Waals surface area contributed by atoms with Crippen LogP contribution >= 0.6 is 0 Å². The van der Waals surface area contributed by atoms with E-state index < -0.39 is 0 Å². The molecule has 0 saturated heterocycles. The van der Waals surface area contributed by atoms with Gasteiger partial charge in [0.05, 0.1) is 6.26 Å². The van der Waals surface area contributed by atoms with Crippen LogP contribution in [0.1, 0.15) is 0 Å². The zero-order valence-corrected chi connectivity index (χ0v) is 26.5. The molecule has 0 aliphatic carbocycles. The van der Waals surface area contributed by atoms with Crippen molar-refractivity contribution in [3.8, 4) is 22.3 Å². The van der Waals surface area contributed by atoms with Gasteiger partial charge in [-0.15, -0.1) is 0 Å². The van der Waals surface area contributed by atoms with E-state index in [9.17, 15) is 0 Å². The zero-order chi connectivity index (χ0) is 32.5. The molecule has 0 N–H and O–H groups in total. The predicted molar refractivity (Wildman–Crippen MR) is 204 cm³/mol. The molecule has 0 saturated carbocycles. The van der Waals surface area contributed by atoms with Crippen LogP contribution in [0, 0.1) is 0 Å². The van der Waals surface area contributed by atoms with Crippen LogP contribution in [0.4, 0.5) is 0 Å². The van der Waals surface area contributed by atoms with Gasteiger partial charge in [0.15, 0.2) is 11.2 Å². The molecule has 0 bridgehead atoms. The minimum Gasteiger partial charge on any atom is -0.460 e. The molecule has 4 heterocycles. The topological polar surface area (TPSA) is 52.6 Å². The third-order valence-corrected chi connectivity index (χ3v) is 10.5. The molecule has 4 aromatic heterocycles. The molecule has 0 atom stereocenters. The predicted octanol–water partition coefficient (Wildman–Crippen LogP) is 13.8. The van der Waals surface area contributed by atoms with E-state index in [0.29, 0.717) is 0 Å². The first kappa shape index (κ1) is 26.2. The lowest BCUT2D eigenvalue weighted by atomic mass is 9.85. The summed E-state index contributed by atoms with van der Waals surface area (Å²) in [6.07, 6.45) is 1.72. The van der Waals surface area contributed by atoms with Gasteiger partial charge in [0.2, 0.25) is 0 Å². The normalized spacial score (nSPS) is 12.4. The van der Waals surface area contributed by atoms with Crippen LogP contribution < -0.4 is 0 Å². The molecule has 0 amide bonds. The Balaban J connectivity index is 1.11. The van der Waals surface area contributed by atoms with Gasteiger partial charge in [0.25, 0.3) is 0 Å². The molecule has 0 radical (unpaired) electrons. The monoisotopic (exact) mass is 640 g/mol. The summed E-state index contributed by atoms with van der Waals surface area (Å²) < 4.78 is 25.0. The van der Waals surface area contributed by atoms with E-state index in [2.05, 4.69) is 115 Å². The number of benzene rings is 8. The minimum atomic E-state index is 0.782. The summed E-state index contributed by atoms with van der Waals surface area (Å²) in [5.74, 6) is 0. The van der Waals surface area contributed by atoms with Crippen molar-refractivity contribution in [2.24, 2.45) is 0 Å². The highest BCUT2D eigenvalue weighted by molar-refractivity contribution is 6.23. The number of hydrogen-bond acceptors (Lipinski definition) is 4. The lowest BCUT2D eigenvalue weighted by molar-refractivity contribution is 0.600. The van der Waals surface area contributed by atoms with E-state index in [4.69, 9.17) is 17.7 Å². The first-order valence-corrected chi connectivity index (χ1v) is 16.8. The van der Waals surface area contributed by atoms with Gasteiger partial charge in [-0.25, -0.2) is 0 Å². The summed E-state index contributed by atoms with van der Waals surface area (Å²) in [6.45, 7) is 0. The van der Waals surface area contributed by atoms with Crippen molar-refractivity contribution in [3.05, 3.63) is 146 Å². The maximum atomic E-state index is 6.51. The highest BCUT2D eigenvalue weighted by Crippen LogP contribution is 2.46. The molecule has 12 rings (SSSR count). The van der Waals surface area contributed by atoms with E-state index >= 15 is 0 Å². The summed E-state index contributed by atoms with van der Waals surface area (Å²) in [5, 5.41) is 12.2. The average Bonchev–Trinajstić information content (AvgIpc) is 3.94. The number of furan rings is 4. The second-order valence-electron chi connectivity index (χ2n) is 13.2. The Labute approximate surface area is 283 Å². The molecule has 0 fully saturated rings. The van der Waals surface area contributed by atoms with E-state index in [1.165, 1.54) is 32.7 Å². The molecule has 4 heteroatoms. The lowest BCUT2D eigenvalue weighted by Gasteiger charge is -2.17. The van der Waals surface area contributed by atoms with Crippen LogP contribution in [0.3, 0.4) is 0 Å². The second-order valence-corrected chi connectivity index (χ2v) is 13.2. The van der Waals surface area contributed by atoms with Gasteiger partial charge in [-0.2, -0.15) is 0 Å². The molecule has 0 unspecified atom stereocenters. The van der Waals surface area contributed by atoms with Gasteiger partial charge < -0.3 is 17.7 Å². The van der Waals surface area contributed by atoms with Gasteiger partial charge in [-0.1, -0.05) is 84.9 Å². The van der Waals surface area contributed by atoms with E-state index in [1.807, 2.05) is 24.3 Å². The largest absolute Gasteiger partial charge is 0.460 e. The summed E-state index contributed by atoms with van der Waals surface area (Å²) in [4.78, 5) is 0. The smallest absolute Gasteiger partial charge is 0.178 e. The fraction of sp³-hybridized carbons (Fsp3) is 0. The van der Waals surface area contributed by atoms with Gasteiger partial charge in [0.1, 0.15) is 27.9 Å². The van der Waals surface area contributed by atoms with Gasteiger partial charge >= 0.3 is 0 Å². The Bertz CT molecular complexity index is 3330. The summed E-state index contributed by atoms with van der Waals surface area (Å²) in [7, 11) is 0. The van der Waals surface area contributed by atoms with Crippen LogP contribution in [0.15, 0.2) is 163 Å². The van der Waals surface area contributed by atoms with Crippen LogP contribution in [0.5, 0.6) is 0 Å². The fourth-order valence-electron chi connectivity index (χ4n) is 8.31. The number of para-hydroxylation sites is 1. The number of fused-ring (bicyclic) bond motifs is 13. The summed E-state index contributed by atoms with van der Waals surface area (Å²) in [5.41, 5.74) is 10.5. The Morgan fingerprint density at radius 1 is 0.300 bits per heavy atom. The number of hydrogen-bond donors (Lipinski definition) is 0. The van der Waals surface area contributed by atoms with E-state index in [-0.39, 0.29) is 0 Å². The molecule has 50 heavy (non-hydrogen) atoms. The zero-order valence-electron chi connectivity index (χ0n) is 26.5. The van der Waals surface area contributed by atoms with Crippen LogP contribution in [0.2, 0.25) is 0 Å². The van der Waals surface area contributed by atoms with Crippen molar-refractivity contribution >= 4 is 98.3 Å². The Kier molecular flexibility index (Phi) is 4.94. The number of rotatable bonds is 2. The average molecular weight is 641 g/mol. The first-order chi connectivity index (χ1) is 24.8. The van der Waals surface area contributed by atoms with E-state index in [1.54, 1.807) is 6.26 Å². The maximum absolute atomic E-state index is 6.51. The fourth-order valence-corrected chi connectivity index (χ4v) is 8.31. The lowest BCUT2D eigenvalue weighted by Crippen LogP contribution is -1.90. The molecule has 8 aromatic carbocycles. The van der Waals surface area contributed by atoms with Crippen molar-refractivity contribution in [3.63, 3.8) is 0 Å². The molecule has 232 valence electrons. The molecule has 4 nitrogen and oxygen atoms in total. The van der Waals surface area contributed by atoms with Crippen LogP contribution in [-0.2, 0) is 0 Å². The van der Waals surface area contributed by atoms with Gasteiger partial charge in [0, 0.05) is 37.7 Å². The first-order valence-electron chi connectivity index (χ1n) is 16.8. The minimum absolute atomic E-state index is 0.782. The van der Waals surface area contributed by atoms with Crippen LogP contribution in [-0.4, -0.2) is 0 Å². The summed E-state index contributed by atoms with van der Waals surface area (Å²) in [6, 6.07) is 49.2. The van der Waals surface area contributed by atoms with Gasteiger partial charge in [-0.3, -0.25) is 0 Å². The molecular weight excluding hydrogens is 617 g/mol.